The van der Waals surface area contributed by atoms with Crippen LogP contribution >= 0.6 is 0 Å². The van der Waals surface area contributed by atoms with Crippen molar-refractivity contribution in [1.82, 2.24) is 62.6 Å². The van der Waals surface area contributed by atoms with Crippen molar-refractivity contribution in [2.45, 2.75) is 332 Å². The second-order valence-corrected chi connectivity index (χ2v) is 46.1. The number of amides is 15. The first kappa shape index (κ1) is 108. The molecule has 33 nitrogen and oxygen atoms in total. The molecule has 133 heavy (non-hydrogen) atoms. The van der Waals surface area contributed by atoms with Gasteiger partial charge in [0.15, 0.2) is 0 Å². The molecular weight excluding hydrogens is 1720 g/mol. The summed E-state index contributed by atoms with van der Waals surface area (Å²) >= 11 is 0. The zero-order valence-corrected chi connectivity index (χ0v) is 82.6. The standard InChI is InChI=1S/C33H46F3N5O6.C33H57N5O6.C31H51N5O6/c1-31(2,3)22(16-47-6)39-30(46)40-24(19-13-17-9-7-8-10-18(17)14-19)29(45)41-15-20-23(32(20,4)5)25(41)28(44)38-21(26(42)27(37)43)11-12-33(34,35)36;1-30(2,3)21(17-44-32(7,8)9)36-29(43)37-25(31(4,5)6)28(42)38-16-19-22(33(19,10)11)23(38)27(41)35-20(24(39)26(34)40)15-18-13-12-14-18;1-17(2)21(16-42-6)34-29(41)35-25(31(5)12-8-7-9-13-31)28(40)36-15-19-22(30(19,3)4)23(36)27(39)33-20(14-18-10-11-18)24(37)26(32)38/h7-10,19-25H,11-16H2,1-6H3,(H2,37,43)(H,38,44)(H2,39,40,46);18-23,25H,12-17H2,1-11H3,(H2,34,40)(H,35,41)(H2,36,37,43);17-23,25H,7-16H2,1-6H3,(H2,32,38)(H,33,39)(H2,34,35,41)/t20?,21?,22-,23?,24+,25+;19?,20?,21-,22?,23-,25+;19?,20?,21-,22?,23+,25-/m101/s1. The van der Waals surface area contributed by atoms with Gasteiger partial charge in [0.25, 0.3) is 17.7 Å². The van der Waals surface area contributed by atoms with E-state index >= 15 is 0 Å². The minimum atomic E-state index is -4.65. The number of urea groups is 3. The smallest absolute Gasteiger partial charge is 0.383 e. The van der Waals surface area contributed by atoms with Crippen molar-refractivity contribution >= 4 is 88.6 Å². The second kappa shape index (κ2) is 41.9. The van der Waals surface area contributed by atoms with Crippen molar-refractivity contribution in [1.29, 1.82) is 0 Å². The average Bonchev–Trinajstić information content (AvgIpc) is 1.53. The summed E-state index contributed by atoms with van der Waals surface area (Å²) in [4.78, 5) is 203. The molecule has 746 valence electrons. The molecule has 10 aliphatic rings. The average molecular weight is 1880 g/mol. The lowest BCUT2D eigenvalue weighted by molar-refractivity contribution is -0.147. The number of Topliss-reactive ketones (excluding diaryl/α,β-unsaturated/α-hetero) is 3. The Balaban J connectivity index is 0.000000225. The third-order valence-corrected chi connectivity index (χ3v) is 30.6. The molecule has 18 atom stereocenters. The Kier molecular flexibility index (Phi) is 33.9. The van der Waals surface area contributed by atoms with Crippen molar-refractivity contribution in [2.75, 3.05) is 53.7 Å². The van der Waals surface area contributed by atoms with Crippen molar-refractivity contribution < 1.29 is 99.3 Å². The summed E-state index contributed by atoms with van der Waals surface area (Å²) in [5.41, 5.74) is 14.9. The van der Waals surface area contributed by atoms with Crippen LogP contribution in [0.2, 0.25) is 0 Å². The van der Waals surface area contributed by atoms with Gasteiger partial charge in [-0.3, -0.25) is 57.5 Å². The lowest BCUT2D eigenvalue weighted by Gasteiger charge is -2.43. The molecule has 3 aliphatic heterocycles. The Morgan fingerprint density at radius 1 is 0.459 bits per heavy atom. The van der Waals surface area contributed by atoms with Gasteiger partial charge in [0.1, 0.15) is 36.3 Å². The number of nitrogens with zero attached hydrogens (tertiary/aromatic N) is 3. The molecule has 36 heteroatoms. The Hall–Kier alpha value is -9.06. The monoisotopic (exact) mass is 1870 g/mol. The number of ketones is 3. The van der Waals surface area contributed by atoms with Crippen molar-refractivity contribution in [3.8, 4) is 0 Å². The van der Waals surface area contributed by atoms with Gasteiger partial charge in [-0.15, -0.1) is 0 Å². The molecule has 9 unspecified atom stereocenters. The lowest BCUT2D eigenvalue weighted by atomic mass is 9.70. The van der Waals surface area contributed by atoms with Crippen LogP contribution in [0.4, 0.5) is 27.6 Å². The number of piperidine rings is 3. The highest BCUT2D eigenvalue weighted by Gasteiger charge is 2.73. The van der Waals surface area contributed by atoms with Gasteiger partial charge >= 0.3 is 24.3 Å². The number of hydrogen-bond donors (Lipinski definition) is 12. The van der Waals surface area contributed by atoms with E-state index in [-0.39, 0.29) is 135 Å². The van der Waals surface area contributed by atoms with E-state index in [2.05, 4.69) is 82.5 Å². The number of fused-ring (bicyclic) bond motifs is 4. The first-order valence-electron chi connectivity index (χ1n) is 47.7. The highest BCUT2D eigenvalue weighted by molar-refractivity contribution is 6.39. The number of nitrogens with one attached hydrogen (secondary N) is 9. The van der Waals surface area contributed by atoms with Gasteiger partial charge in [0.05, 0.1) is 61.7 Å². The van der Waals surface area contributed by atoms with Crippen LogP contribution in [0.1, 0.15) is 246 Å². The van der Waals surface area contributed by atoms with Gasteiger partial charge in [-0.2, -0.15) is 13.2 Å². The van der Waals surface area contributed by atoms with E-state index in [9.17, 15) is 85.1 Å². The number of primary amides is 3. The van der Waals surface area contributed by atoms with E-state index in [4.69, 9.17) is 31.4 Å². The van der Waals surface area contributed by atoms with Crippen LogP contribution in [0.3, 0.4) is 0 Å². The number of nitrogens with two attached hydrogens (primary N) is 3. The molecule has 15 N–H and O–H groups in total. The summed E-state index contributed by atoms with van der Waals surface area (Å²) in [7, 11) is 3.11. The van der Waals surface area contributed by atoms with E-state index in [1.54, 1.807) is 16.9 Å². The number of halogens is 3. The van der Waals surface area contributed by atoms with E-state index in [1.807, 2.05) is 135 Å². The van der Waals surface area contributed by atoms with Gasteiger partial charge in [-0.05, 0) is 174 Å². The molecule has 0 bridgehead atoms. The maximum absolute atomic E-state index is 14.5. The van der Waals surface area contributed by atoms with Gasteiger partial charge in [-0.1, -0.05) is 200 Å². The van der Waals surface area contributed by atoms with Crippen LogP contribution in [0.5, 0.6) is 0 Å². The summed E-state index contributed by atoms with van der Waals surface area (Å²) in [5, 5.41) is 25.7. The third-order valence-electron chi connectivity index (χ3n) is 30.6. The molecule has 0 aromatic heterocycles. The Bertz CT molecular complexity index is 4430. The van der Waals surface area contributed by atoms with Gasteiger partial charge in [-0.25, -0.2) is 14.4 Å². The van der Waals surface area contributed by atoms with Crippen LogP contribution in [0.25, 0.3) is 0 Å². The molecule has 3 heterocycles. The number of methoxy groups -OCH3 is 2. The van der Waals surface area contributed by atoms with E-state index < -0.39 is 161 Å². The fourth-order valence-corrected chi connectivity index (χ4v) is 21.2. The topological polar surface area (TPSA) is 480 Å². The summed E-state index contributed by atoms with van der Waals surface area (Å²) < 4.78 is 55.7. The molecule has 11 rings (SSSR count). The second-order valence-electron chi connectivity index (χ2n) is 46.1. The summed E-state index contributed by atoms with van der Waals surface area (Å²) in [6, 6.07) is -4.10. The number of carbonyl (C=O) groups excluding carboxylic acids is 15. The number of likely N-dealkylation sites (tertiary alicyclic amines) is 3. The predicted octanol–water partition coefficient (Wildman–Crippen LogP) is 7.76. The number of ether oxygens (including phenoxy) is 3. The minimum absolute atomic E-state index is 0.0765. The molecule has 6 saturated carbocycles. The normalized spacial score (nSPS) is 25.4. The number of carbonyl (C=O) groups is 15. The highest BCUT2D eigenvalue weighted by atomic mass is 19.4. The van der Waals surface area contributed by atoms with Crippen molar-refractivity contribution in [3.05, 3.63) is 35.4 Å². The first-order valence-corrected chi connectivity index (χ1v) is 47.7. The van der Waals surface area contributed by atoms with E-state index in [1.165, 1.54) is 12.0 Å². The Morgan fingerprint density at radius 3 is 1.23 bits per heavy atom. The van der Waals surface area contributed by atoms with Crippen molar-refractivity contribution in [3.63, 3.8) is 0 Å². The molecule has 0 spiro atoms. The first-order chi connectivity index (χ1) is 61.4. The third kappa shape index (κ3) is 26.4. The van der Waals surface area contributed by atoms with E-state index in [0.717, 1.165) is 75.3 Å². The zero-order valence-electron chi connectivity index (χ0n) is 82.6. The molecule has 3 saturated heterocycles. The van der Waals surface area contributed by atoms with Gasteiger partial charge in [0.2, 0.25) is 52.8 Å². The summed E-state index contributed by atoms with van der Waals surface area (Å²) in [5.74, 6) is -9.55. The molecule has 7 aliphatic carbocycles. The van der Waals surface area contributed by atoms with Gasteiger partial charge < -0.3 is 94.0 Å². The fourth-order valence-electron chi connectivity index (χ4n) is 21.2. The van der Waals surface area contributed by atoms with Crippen LogP contribution in [-0.2, 0) is 84.6 Å². The molecule has 9 fully saturated rings. The Labute approximate surface area is 782 Å². The quantitative estimate of drug-likeness (QED) is 0.0285. The van der Waals surface area contributed by atoms with Crippen molar-refractivity contribution in [2.24, 2.45) is 114 Å². The molecule has 15 amide bonds. The maximum atomic E-state index is 14.5. The van der Waals surface area contributed by atoms with Crippen LogP contribution in [0.15, 0.2) is 24.3 Å². The summed E-state index contributed by atoms with van der Waals surface area (Å²) in [6.45, 7) is 43.4. The minimum Gasteiger partial charge on any atom is -0.383 e. The molecule has 0 radical (unpaired) electrons. The Morgan fingerprint density at radius 2 is 0.850 bits per heavy atom. The molecular formula is C97H154F3N15O18. The zero-order chi connectivity index (χ0) is 99.6. The van der Waals surface area contributed by atoms with Crippen LogP contribution < -0.4 is 65.1 Å². The number of benzene rings is 1. The lowest BCUT2D eigenvalue weighted by Crippen LogP contribution is -2.63. The van der Waals surface area contributed by atoms with Crippen LogP contribution in [0, 0.1) is 97.1 Å². The highest BCUT2D eigenvalue weighted by Crippen LogP contribution is 2.67. The SMILES string of the molecule is CC(C)(C)OC[C@H](NC(=O)N[C@H](C(=O)N1CC2C([C@H]1C(=O)NC(CC1CCC1)C(=O)C(N)=O)C2(C)C)C(C)(C)C)C(C)(C)C.COC[C@@H](NC(=O)N[C@H](C(=O)N1CC2C([C@H]1C(=O)NC(CC1CC1)C(=O)C(N)=O)C2(C)C)C1(C)CCCCC1)C(C)C.COC[C@@H](NC(=O)N[C@H](C(=O)N1CC2C([C@H]1C(=O)NC(CCC(F)(F)F)C(=O)C(N)=O)C2(C)C)C1Cc2ccccc2C1)C(C)(C)C. The number of alkyl halides is 3. The fraction of sp³-hybridized carbons (Fsp3) is 0.784. The van der Waals surface area contributed by atoms with E-state index in [0.29, 0.717) is 52.0 Å². The maximum Gasteiger partial charge on any atom is 0.389 e. The van der Waals surface area contributed by atoms with Gasteiger partial charge in [0, 0.05) is 40.3 Å². The largest absolute Gasteiger partial charge is 0.389 e. The number of rotatable bonds is 36. The predicted molar refractivity (Wildman–Crippen MR) is 491 cm³/mol. The molecule has 1 aromatic rings. The summed E-state index contributed by atoms with van der Waals surface area (Å²) in [6.07, 6.45) is 4.16. The van der Waals surface area contributed by atoms with Crippen LogP contribution in [-0.4, -0.2) is 241 Å². The molecule has 1 aromatic carbocycles. The number of hydrogen-bond acceptors (Lipinski definition) is 18.